The van der Waals surface area contributed by atoms with Crippen LogP contribution in [-0.4, -0.2) is 0 Å². The first kappa shape index (κ1) is 17.7. The van der Waals surface area contributed by atoms with E-state index in [9.17, 15) is 0 Å². The molecular weight excluding hydrogens is 396 g/mol. The van der Waals surface area contributed by atoms with Crippen LogP contribution >= 0.6 is 0 Å². The molecule has 0 saturated carbocycles. The van der Waals surface area contributed by atoms with Crippen molar-refractivity contribution < 1.29 is 21.4 Å². The standard InChI is InChI=1S/C25H19O.BrH/c1-3-9-18(10-4-1)23-17-24(20-12-5-2-6-13-20)26-25-21-14-8-7-11-19(21)15-16-22(23)25;/h1-14,17H,15-16H2;1H/q+1;/p-1. The molecule has 4 aromatic rings. The molecule has 0 radical (unpaired) electrons. The lowest BCUT2D eigenvalue weighted by Gasteiger charge is -2.16. The monoisotopic (exact) mass is 414 g/mol. The average Bonchev–Trinajstić information content (AvgIpc) is 2.74. The molecule has 1 aromatic heterocycles. The van der Waals surface area contributed by atoms with E-state index in [1.165, 1.54) is 27.8 Å². The predicted octanol–water partition coefficient (Wildman–Crippen LogP) is 3.66. The Labute approximate surface area is 170 Å². The SMILES string of the molecule is [Br-].c1ccc(-c2cc(-c3ccccc3)c3c([o+]2)-c2ccccc2CC3)cc1. The molecule has 132 valence electrons. The van der Waals surface area contributed by atoms with E-state index in [1.54, 1.807) is 0 Å². The number of halogens is 1. The van der Waals surface area contributed by atoms with Gasteiger partial charge in [-0.25, -0.2) is 4.42 Å². The summed E-state index contributed by atoms with van der Waals surface area (Å²) >= 11 is 0. The highest BCUT2D eigenvalue weighted by Gasteiger charge is 2.31. The van der Waals surface area contributed by atoms with E-state index in [4.69, 9.17) is 4.42 Å². The predicted molar refractivity (Wildman–Crippen MR) is 107 cm³/mol. The van der Waals surface area contributed by atoms with Crippen LogP contribution in [0.25, 0.3) is 33.8 Å². The number of rotatable bonds is 2. The zero-order valence-electron chi connectivity index (χ0n) is 14.9. The van der Waals surface area contributed by atoms with E-state index in [2.05, 4.69) is 84.9 Å². The average molecular weight is 415 g/mol. The third-order valence-corrected chi connectivity index (χ3v) is 5.14. The van der Waals surface area contributed by atoms with E-state index in [1.807, 2.05) is 6.07 Å². The summed E-state index contributed by atoms with van der Waals surface area (Å²) in [5.74, 6) is 1.94. The Morgan fingerprint density at radius 1 is 0.593 bits per heavy atom. The van der Waals surface area contributed by atoms with Crippen LogP contribution in [-0.2, 0) is 12.8 Å². The van der Waals surface area contributed by atoms with Crippen LogP contribution in [0.15, 0.2) is 95.4 Å². The van der Waals surface area contributed by atoms with E-state index in [0.717, 1.165) is 29.9 Å². The van der Waals surface area contributed by atoms with Gasteiger partial charge in [-0.05, 0) is 42.2 Å². The van der Waals surface area contributed by atoms with Gasteiger partial charge in [0.05, 0.1) is 22.8 Å². The van der Waals surface area contributed by atoms with Crippen LogP contribution in [0.2, 0.25) is 0 Å². The summed E-state index contributed by atoms with van der Waals surface area (Å²) in [6, 6.07) is 31.8. The number of hydrogen-bond acceptors (Lipinski definition) is 0. The quantitative estimate of drug-likeness (QED) is 0.455. The van der Waals surface area contributed by atoms with Gasteiger partial charge in [-0.15, -0.1) is 0 Å². The molecule has 0 saturated heterocycles. The molecule has 1 aliphatic carbocycles. The maximum Gasteiger partial charge on any atom is 0.364 e. The first-order chi connectivity index (χ1) is 12.9. The van der Waals surface area contributed by atoms with Crippen LogP contribution in [0.1, 0.15) is 11.1 Å². The van der Waals surface area contributed by atoms with Crippen LogP contribution < -0.4 is 17.0 Å². The lowest BCUT2D eigenvalue weighted by molar-refractivity contribution is -0.00000546. The molecule has 0 amide bonds. The van der Waals surface area contributed by atoms with Crippen molar-refractivity contribution in [1.82, 2.24) is 0 Å². The normalized spacial score (nSPS) is 11.9. The van der Waals surface area contributed by atoms with Crippen molar-refractivity contribution in [3.05, 3.63) is 102 Å². The van der Waals surface area contributed by atoms with Crippen molar-refractivity contribution in [2.75, 3.05) is 0 Å². The maximum absolute atomic E-state index is 6.47. The van der Waals surface area contributed by atoms with Gasteiger partial charge in [0.2, 0.25) is 0 Å². The zero-order chi connectivity index (χ0) is 17.3. The maximum atomic E-state index is 6.47. The second kappa shape index (κ2) is 7.50. The Morgan fingerprint density at radius 3 is 1.96 bits per heavy atom. The highest BCUT2D eigenvalue weighted by molar-refractivity contribution is 5.81. The van der Waals surface area contributed by atoms with Gasteiger partial charge < -0.3 is 17.0 Å². The lowest BCUT2D eigenvalue weighted by Crippen LogP contribution is -3.00. The van der Waals surface area contributed by atoms with Crippen molar-refractivity contribution in [3.8, 4) is 33.8 Å². The van der Waals surface area contributed by atoms with Gasteiger partial charge in [-0.3, -0.25) is 0 Å². The first-order valence-electron chi connectivity index (χ1n) is 9.09. The Bertz CT molecular complexity index is 1050. The number of benzene rings is 3. The summed E-state index contributed by atoms with van der Waals surface area (Å²) in [7, 11) is 0. The van der Waals surface area contributed by atoms with Gasteiger partial charge in [-0.1, -0.05) is 66.7 Å². The third kappa shape index (κ3) is 3.22. The van der Waals surface area contributed by atoms with E-state index in [0.29, 0.717) is 0 Å². The van der Waals surface area contributed by atoms with Gasteiger partial charge in [0.1, 0.15) is 0 Å². The minimum absolute atomic E-state index is 0. The van der Waals surface area contributed by atoms with Crippen molar-refractivity contribution in [2.24, 2.45) is 0 Å². The summed E-state index contributed by atoms with van der Waals surface area (Å²) in [4.78, 5) is 0. The van der Waals surface area contributed by atoms with Crippen LogP contribution in [0.4, 0.5) is 0 Å². The third-order valence-electron chi connectivity index (χ3n) is 5.14. The highest BCUT2D eigenvalue weighted by atomic mass is 79.9. The second-order valence-corrected chi connectivity index (χ2v) is 6.72. The molecule has 5 rings (SSSR count). The summed E-state index contributed by atoms with van der Waals surface area (Å²) in [5.41, 5.74) is 7.54. The summed E-state index contributed by atoms with van der Waals surface area (Å²) in [6.07, 6.45) is 2.07. The molecule has 27 heavy (non-hydrogen) atoms. The Kier molecular flexibility index (Phi) is 4.91. The van der Waals surface area contributed by atoms with Gasteiger partial charge in [0.15, 0.2) is 0 Å². The van der Waals surface area contributed by atoms with E-state index >= 15 is 0 Å². The van der Waals surface area contributed by atoms with Crippen LogP contribution in [0, 0.1) is 0 Å². The molecule has 2 heteroatoms. The molecule has 0 bridgehead atoms. The number of fused-ring (bicyclic) bond motifs is 3. The fourth-order valence-corrected chi connectivity index (χ4v) is 3.85. The van der Waals surface area contributed by atoms with Crippen LogP contribution in [0.3, 0.4) is 0 Å². The molecule has 3 aromatic carbocycles. The molecule has 0 unspecified atom stereocenters. The molecule has 0 spiro atoms. The van der Waals surface area contributed by atoms with Crippen molar-refractivity contribution >= 4 is 0 Å². The Hall–Kier alpha value is -2.71. The van der Waals surface area contributed by atoms with Crippen molar-refractivity contribution in [3.63, 3.8) is 0 Å². The minimum atomic E-state index is 0. The molecule has 0 atom stereocenters. The lowest BCUT2D eigenvalue weighted by atomic mass is 9.85. The summed E-state index contributed by atoms with van der Waals surface area (Å²) in [5, 5.41) is 0. The Balaban J connectivity index is 0.00000180. The molecule has 1 nitrogen and oxygen atoms in total. The minimum Gasteiger partial charge on any atom is -1.00 e. The molecular formula is C25H19BrO. The number of aryl methyl sites for hydroxylation is 1. The van der Waals surface area contributed by atoms with Gasteiger partial charge >= 0.3 is 11.5 Å². The van der Waals surface area contributed by atoms with Crippen molar-refractivity contribution in [1.29, 1.82) is 0 Å². The van der Waals surface area contributed by atoms with Gasteiger partial charge in [0, 0.05) is 5.56 Å². The first-order valence-corrected chi connectivity index (χ1v) is 9.09. The van der Waals surface area contributed by atoms with Gasteiger partial charge in [-0.2, -0.15) is 0 Å². The molecule has 0 fully saturated rings. The summed E-state index contributed by atoms with van der Waals surface area (Å²) in [6.45, 7) is 0. The largest absolute Gasteiger partial charge is 1.00 e. The fourth-order valence-electron chi connectivity index (χ4n) is 3.85. The second-order valence-electron chi connectivity index (χ2n) is 6.72. The molecule has 1 aliphatic rings. The topological polar surface area (TPSA) is 11.3 Å². The van der Waals surface area contributed by atoms with Crippen molar-refractivity contribution in [2.45, 2.75) is 12.8 Å². The van der Waals surface area contributed by atoms with Gasteiger partial charge in [0.25, 0.3) is 0 Å². The number of hydrogen-bond donors (Lipinski definition) is 0. The summed E-state index contributed by atoms with van der Waals surface area (Å²) < 4.78 is 6.47. The molecule has 1 heterocycles. The Morgan fingerprint density at radius 2 is 1.22 bits per heavy atom. The van der Waals surface area contributed by atoms with E-state index < -0.39 is 0 Å². The van der Waals surface area contributed by atoms with E-state index in [-0.39, 0.29) is 17.0 Å². The fraction of sp³-hybridized carbons (Fsp3) is 0.0800. The van der Waals surface area contributed by atoms with Crippen LogP contribution in [0.5, 0.6) is 0 Å². The smallest absolute Gasteiger partial charge is 0.364 e. The zero-order valence-corrected chi connectivity index (χ0v) is 16.4. The molecule has 0 aliphatic heterocycles. The highest BCUT2D eigenvalue weighted by Crippen LogP contribution is 2.41. The molecule has 0 N–H and O–H groups in total.